The summed E-state index contributed by atoms with van der Waals surface area (Å²) in [5, 5.41) is 12.1. The molecule has 0 saturated carbocycles. The predicted molar refractivity (Wildman–Crippen MR) is 62.2 cm³/mol. The molecule has 0 spiro atoms. The molecule has 1 fully saturated rings. The zero-order valence-corrected chi connectivity index (χ0v) is 10.3. The lowest BCUT2D eigenvalue weighted by Crippen LogP contribution is -2.62. The van der Waals surface area contributed by atoms with Gasteiger partial charge in [0.25, 0.3) is 0 Å². The third kappa shape index (κ3) is 1.72. The molecule has 2 atom stereocenters. The van der Waals surface area contributed by atoms with Crippen molar-refractivity contribution in [2.75, 3.05) is 19.5 Å². The molecule has 0 aromatic carbocycles. The number of amides is 1. The molecular formula is C9H10N4O4S. The molecule has 1 saturated heterocycles. The van der Waals surface area contributed by atoms with Crippen molar-refractivity contribution >= 4 is 23.6 Å². The summed E-state index contributed by atoms with van der Waals surface area (Å²) in [6.07, 6.45) is 1.74. The summed E-state index contributed by atoms with van der Waals surface area (Å²) >= 11 is 1.29. The van der Waals surface area contributed by atoms with Gasteiger partial charge in [-0.2, -0.15) is 0 Å². The summed E-state index contributed by atoms with van der Waals surface area (Å²) in [6.45, 7) is -0.361. The summed E-state index contributed by atoms with van der Waals surface area (Å²) in [6, 6.07) is -0.814. The number of cyclic esters (lactones) is 1. The number of esters is 1. The molecule has 9 heteroatoms. The van der Waals surface area contributed by atoms with Crippen LogP contribution in [0.3, 0.4) is 0 Å². The number of hydrogen-bond acceptors (Lipinski definition) is 6. The molecule has 2 aliphatic heterocycles. The molecule has 1 N–H and O–H groups in total. The van der Waals surface area contributed by atoms with Crippen molar-refractivity contribution in [1.29, 1.82) is 0 Å². The quantitative estimate of drug-likeness (QED) is 0.254. The lowest BCUT2D eigenvalue weighted by molar-refractivity contribution is -0.148. The van der Waals surface area contributed by atoms with Gasteiger partial charge in [-0.1, -0.05) is 5.11 Å². The molecule has 0 unspecified atom stereocenters. The SMILES string of the molecule is CS[C@H]1[C@H](N=[N+]=[N-])C(=O)N1C1=C(CO)COC1=O. The van der Waals surface area contributed by atoms with E-state index in [1.54, 1.807) is 6.26 Å². The van der Waals surface area contributed by atoms with Crippen molar-refractivity contribution in [2.24, 2.45) is 5.11 Å². The second-order valence-corrected chi connectivity index (χ2v) is 4.63. The van der Waals surface area contributed by atoms with Crippen molar-refractivity contribution in [3.63, 3.8) is 0 Å². The summed E-state index contributed by atoms with van der Waals surface area (Å²) < 4.78 is 4.78. The Morgan fingerprint density at radius 2 is 2.39 bits per heavy atom. The van der Waals surface area contributed by atoms with E-state index in [0.717, 1.165) is 0 Å². The monoisotopic (exact) mass is 270 g/mol. The fourth-order valence-corrected chi connectivity index (χ4v) is 2.75. The van der Waals surface area contributed by atoms with Gasteiger partial charge in [0.15, 0.2) is 0 Å². The largest absolute Gasteiger partial charge is 0.456 e. The molecule has 8 nitrogen and oxygen atoms in total. The molecule has 2 aliphatic rings. The van der Waals surface area contributed by atoms with Gasteiger partial charge in [0, 0.05) is 10.5 Å². The Bertz CT molecular complexity index is 485. The maximum atomic E-state index is 11.8. The summed E-state index contributed by atoms with van der Waals surface area (Å²) in [7, 11) is 0. The van der Waals surface area contributed by atoms with Crippen LogP contribution in [0.1, 0.15) is 0 Å². The number of aliphatic hydroxyl groups excluding tert-OH is 1. The summed E-state index contributed by atoms with van der Waals surface area (Å²) in [4.78, 5) is 27.2. The van der Waals surface area contributed by atoms with Gasteiger partial charge in [-0.25, -0.2) is 4.79 Å². The van der Waals surface area contributed by atoms with E-state index in [2.05, 4.69) is 10.0 Å². The maximum absolute atomic E-state index is 11.8. The molecule has 0 aromatic rings. The number of hydrogen-bond donors (Lipinski definition) is 1. The Kier molecular flexibility index (Phi) is 3.46. The fourth-order valence-electron chi connectivity index (χ4n) is 1.91. The fraction of sp³-hybridized carbons (Fsp3) is 0.556. The minimum Gasteiger partial charge on any atom is -0.456 e. The number of β-lactam (4-membered cyclic amide) rings is 1. The highest BCUT2D eigenvalue weighted by Gasteiger charge is 2.51. The predicted octanol–water partition coefficient (Wildman–Crippen LogP) is -0.000200. The summed E-state index contributed by atoms with van der Waals surface area (Å²) in [5.74, 6) is -1.09. The third-order valence-electron chi connectivity index (χ3n) is 2.77. The molecule has 2 rings (SSSR count). The second kappa shape index (κ2) is 4.89. The molecule has 0 bridgehead atoms. The van der Waals surface area contributed by atoms with Gasteiger partial charge < -0.3 is 9.84 Å². The van der Waals surface area contributed by atoms with Gasteiger partial charge in [-0.15, -0.1) is 11.8 Å². The zero-order chi connectivity index (χ0) is 13.3. The Balaban J connectivity index is 2.32. The van der Waals surface area contributed by atoms with Crippen LogP contribution < -0.4 is 0 Å². The van der Waals surface area contributed by atoms with E-state index >= 15 is 0 Å². The highest BCUT2D eigenvalue weighted by Crippen LogP contribution is 2.37. The smallest absolute Gasteiger partial charge is 0.355 e. The molecule has 2 heterocycles. The zero-order valence-electron chi connectivity index (χ0n) is 9.44. The first kappa shape index (κ1) is 12.7. The Labute approximate surface area is 106 Å². The van der Waals surface area contributed by atoms with Gasteiger partial charge >= 0.3 is 5.97 Å². The highest BCUT2D eigenvalue weighted by atomic mass is 32.2. The van der Waals surface area contributed by atoms with E-state index in [0.29, 0.717) is 5.57 Å². The second-order valence-electron chi connectivity index (χ2n) is 3.67. The number of rotatable bonds is 4. The molecule has 18 heavy (non-hydrogen) atoms. The van der Waals surface area contributed by atoms with Gasteiger partial charge in [0.2, 0.25) is 5.91 Å². The number of carbonyl (C=O) groups is 2. The van der Waals surface area contributed by atoms with E-state index in [1.807, 2.05) is 0 Å². The number of azide groups is 1. The Morgan fingerprint density at radius 3 is 2.94 bits per heavy atom. The van der Waals surface area contributed by atoms with Gasteiger partial charge in [-0.3, -0.25) is 9.69 Å². The van der Waals surface area contributed by atoms with Crippen LogP contribution in [0, 0.1) is 0 Å². The number of aliphatic hydroxyl groups is 1. The highest BCUT2D eigenvalue weighted by molar-refractivity contribution is 7.99. The first-order valence-corrected chi connectivity index (χ1v) is 6.34. The van der Waals surface area contributed by atoms with E-state index in [-0.39, 0.29) is 18.9 Å². The number of nitrogens with zero attached hydrogens (tertiary/aromatic N) is 4. The van der Waals surface area contributed by atoms with Crippen LogP contribution >= 0.6 is 11.8 Å². The van der Waals surface area contributed by atoms with E-state index in [1.165, 1.54) is 16.7 Å². The van der Waals surface area contributed by atoms with E-state index in [9.17, 15) is 9.59 Å². The Hall–Kier alpha value is -1.70. The van der Waals surface area contributed by atoms with E-state index in [4.69, 9.17) is 15.4 Å². The van der Waals surface area contributed by atoms with Crippen molar-refractivity contribution < 1.29 is 19.4 Å². The average molecular weight is 270 g/mol. The standard InChI is InChI=1S/C9H10N4O4S/c1-18-8-5(11-12-10)7(15)13(8)6-4(2-14)3-17-9(6)16/h5,8,14H,2-3H2,1H3/t5-,8+/m1/s1. The van der Waals surface area contributed by atoms with Crippen molar-refractivity contribution in [1.82, 2.24) is 4.90 Å². The first-order valence-electron chi connectivity index (χ1n) is 5.05. The normalized spacial score (nSPS) is 26.9. The minimum atomic E-state index is -0.814. The minimum absolute atomic E-state index is 0.0122. The van der Waals surface area contributed by atoms with Crippen LogP contribution in [-0.2, 0) is 14.3 Å². The van der Waals surface area contributed by atoms with Crippen LogP contribution in [-0.4, -0.2) is 52.8 Å². The van der Waals surface area contributed by atoms with Gasteiger partial charge in [0.1, 0.15) is 23.7 Å². The van der Waals surface area contributed by atoms with Crippen LogP contribution in [0.25, 0.3) is 10.4 Å². The average Bonchev–Trinajstić information content (AvgIpc) is 2.73. The number of thioether (sulfide) groups is 1. The molecule has 96 valence electrons. The van der Waals surface area contributed by atoms with Crippen LogP contribution in [0.4, 0.5) is 0 Å². The van der Waals surface area contributed by atoms with Crippen LogP contribution in [0.5, 0.6) is 0 Å². The molecular weight excluding hydrogens is 260 g/mol. The number of ether oxygens (including phenoxy) is 1. The van der Waals surface area contributed by atoms with Gasteiger partial charge in [-0.05, 0) is 11.8 Å². The van der Waals surface area contributed by atoms with E-state index < -0.39 is 23.3 Å². The lowest BCUT2D eigenvalue weighted by atomic mass is 10.1. The molecule has 0 aromatic heterocycles. The molecule has 1 amide bonds. The van der Waals surface area contributed by atoms with Crippen molar-refractivity contribution in [3.8, 4) is 0 Å². The van der Waals surface area contributed by atoms with Crippen molar-refractivity contribution in [2.45, 2.75) is 11.4 Å². The lowest BCUT2D eigenvalue weighted by Gasteiger charge is -2.43. The van der Waals surface area contributed by atoms with Crippen molar-refractivity contribution in [3.05, 3.63) is 21.7 Å². The van der Waals surface area contributed by atoms with Crippen LogP contribution in [0.2, 0.25) is 0 Å². The number of likely N-dealkylation sites (tertiary alicyclic amines) is 1. The maximum Gasteiger partial charge on any atom is 0.355 e. The number of carbonyl (C=O) groups excluding carboxylic acids is 2. The summed E-state index contributed by atoms with van der Waals surface area (Å²) in [5.41, 5.74) is 8.81. The third-order valence-corrected chi connectivity index (χ3v) is 3.72. The van der Waals surface area contributed by atoms with Gasteiger partial charge in [0.05, 0.1) is 6.61 Å². The topological polar surface area (TPSA) is 116 Å². The van der Waals surface area contributed by atoms with Crippen LogP contribution in [0.15, 0.2) is 16.4 Å². The Morgan fingerprint density at radius 1 is 1.67 bits per heavy atom. The molecule has 0 aliphatic carbocycles. The first-order chi connectivity index (χ1) is 8.65. The molecule has 0 radical (unpaired) electrons.